The van der Waals surface area contributed by atoms with Crippen LogP contribution >= 0.6 is 24.2 Å². The van der Waals surface area contributed by atoms with Crippen LogP contribution in [-0.2, 0) is 4.79 Å². The van der Waals surface area contributed by atoms with Gasteiger partial charge in [-0.25, -0.2) is 4.39 Å². The monoisotopic (exact) mass is 306 g/mol. The molecule has 1 aromatic rings. The average molecular weight is 307 g/mol. The second-order valence-corrected chi connectivity index (χ2v) is 5.93. The first-order valence-corrected chi connectivity index (χ1v) is 6.80. The van der Waals surface area contributed by atoms with E-state index in [2.05, 4.69) is 5.32 Å². The number of hydrogen-bond donors (Lipinski definition) is 2. The summed E-state index contributed by atoms with van der Waals surface area (Å²) in [5.74, 6) is 0.251. The number of carbonyl (C=O) groups excluding carboxylic acids is 1. The van der Waals surface area contributed by atoms with E-state index in [9.17, 15) is 9.18 Å². The second kappa shape index (κ2) is 8.40. The molecule has 1 aromatic carbocycles. The number of nitrogens with one attached hydrogen (secondary N) is 1. The quantitative estimate of drug-likeness (QED) is 0.794. The van der Waals surface area contributed by atoms with Crippen LogP contribution in [0.4, 0.5) is 4.39 Å². The van der Waals surface area contributed by atoms with E-state index >= 15 is 0 Å². The Morgan fingerprint density at radius 2 is 2.05 bits per heavy atom. The highest BCUT2D eigenvalue weighted by Crippen LogP contribution is 2.21. The highest BCUT2D eigenvalue weighted by Gasteiger charge is 2.12. The van der Waals surface area contributed by atoms with Gasteiger partial charge in [0.1, 0.15) is 5.82 Å². The predicted octanol–water partition coefficient (Wildman–Crippen LogP) is 2.58. The summed E-state index contributed by atoms with van der Waals surface area (Å²) in [6.45, 7) is 4.14. The van der Waals surface area contributed by atoms with Gasteiger partial charge in [-0.05, 0) is 26.0 Å². The van der Waals surface area contributed by atoms with Gasteiger partial charge in [0.25, 0.3) is 0 Å². The first kappa shape index (κ1) is 18.2. The van der Waals surface area contributed by atoms with Crippen LogP contribution in [0.2, 0.25) is 0 Å². The molecular formula is C13H20ClFN2OS. The molecular weight excluding hydrogens is 287 g/mol. The highest BCUT2D eigenvalue weighted by molar-refractivity contribution is 7.99. The Morgan fingerprint density at radius 1 is 1.42 bits per heavy atom. The smallest absolute Gasteiger partial charge is 0.220 e. The van der Waals surface area contributed by atoms with Gasteiger partial charge in [-0.2, -0.15) is 0 Å². The Morgan fingerprint density at radius 3 is 2.63 bits per heavy atom. The maximum atomic E-state index is 13.3. The topological polar surface area (TPSA) is 55.1 Å². The van der Waals surface area contributed by atoms with Crippen LogP contribution < -0.4 is 11.1 Å². The van der Waals surface area contributed by atoms with E-state index in [1.165, 1.54) is 17.8 Å². The first-order chi connectivity index (χ1) is 8.38. The third-order valence-electron chi connectivity index (χ3n) is 2.16. The lowest BCUT2D eigenvalue weighted by molar-refractivity contribution is -0.120. The van der Waals surface area contributed by atoms with E-state index in [1.807, 2.05) is 13.8 Å². The van der Waals surface area contributed by atoms with Crippen molar-refractivity contribution in [3.05, 3.63) is 30.1 Å². The van der Waals surface area contributed by atoms with Crippen molar-refractivity contribution in [3.8, 4) is 0 Å². The van der Waals surface area contributed by atoms with Gasteiger partial charge in [0.05, 0.1) is 0 Å². The number of thioether (sulfide) groups is 1. The zero-order chi connectivity index (χ0) is 13.6. The van der Waals surface area contributed by atoms with Gasteiger partial charge in [-0.15, -0.1) is 24.2 Å². The van der Waals surface area contributed by atoms with Gasteiger partial charge in [0, 0.05) is 29.2 Å². The van der Waals surface area contributed by atoms with Crippen molar-refractivity contribution in [1.29, 1.82) is 0 Å². The Bertz CT molecular complexity index is 410. The van der Waals surface area contributed by atoms with Crippen LogP contribution in [0, 0.1) is 5.82 Å². The Kier molecular flexibility index (Phi) is 8.06. The molecule has 0 saturated carbocycles. The van der Waals surface area contributed by atoms with E-state index < -0.39 is 5.54 Å². The molecule has 0 saturated heterocycles. The van der Waals surface area contributed by atoms with Gasteiger partial charge in [0.15, 0.2) is 0 Å². The fourth-order valence-corrected chi connectivity index (χ4v) is 2.12. The van der Waals surface area contributed by atoms with E-state index in [0.717, 1.165) is 0 Å². The van der Waals surface area contributed by atoms with Crippen LogP contribution in [0.5, 0.6) is 0 Å². The van der Waals surface area contributed by atoms with Crippen molar-refractivity contribution in [1.82, 2.24) is 5.32 Å². The van der Waals surface area contributed by atoms with E-state index in [-0.39, 0.29) is 24.1 Å². The molecule has 0 atom stereocenters. The number of carbonyl (C=O) groups is 1. The van der Waals surface area contributed by atoms with Crippen LogP contribution in [-0.4, -0.2) is 23.7 Å². The maximum absolute atomic E-state index is 13.3. The Hall–Kier alpha value is -0.780. The summed E-state index contributed by atoms with van der Waals surface area (Å²) in [5.41, 5.74) is 5.35. The molecule has 0 aliphatic carbocycles. The van der Waals surface area contributed by atoms with Gasteiger partial charge in [-0.3, -0.25) is 4.79 Å². The number of benzene rings is 1. The predicted molar refractivity (Wildman–Crippen MR) is 80.3 cm³/mol. The van der Waals surface area contributed by atoms with Gasteiger partial charge >= 0.3 is 0 Å². The SMILES string of the molecule is CC(C)(N)CNC(=O)CCSc1ccccc1F.Cl. The van der Waals surface area contributed by atoms with Crippen LogP contribution in [0.25, 0.3) is 0 Å². The number of nitrogens with two attached hydrogens (primary N) is 1. The lowest BCUT2D eigenvalue weighted by Crippen LogP contribution is -2.45. The summed E-state index contributed by atoms with van der Waals surface area (Å²) in [5, 5.41) is 2.75. The minimum atomic E-state index is -0.408. The third-order valence-corrected chi connectivity index (χ3v) is 3.21. The minimum Gasteiger partial charge on any atom is -0.354 e. The Balaban J connectivity index is 0.00000324. The lowest BCUT2D eigenvalue weighted by atomic mass is 10.1. The highest BCUT2D eigenvalue weighted by atomic mass is 35.5. The standard InChI is InChI=1S/C13H19FN2OS.ClH/c1-13(2,15)9-16-12(17)7-8-18-11-6-4-3-5-10(11)14;/h3-6H,7-9,15H2,1-2H3,(H,16,17);1H. The Labute approximate surface area is 123 Å². The molecule has 0 fully saturated rings. The summed E-state index contributed by atoms with van der Waals surface area (Å²) in [6, 6.07) is 6.55. The molecule has 0 radical (unpaired) electrons. The van der Waals surface area contributed by atoms with Crippen molar-refractivity contribution < 1.29 is 9.18 Å². The van der Waals surface area contributed by atoms with Crippen molar-refractivity contribution in [2.75, 3.05) is 12.3 Å². The molecule has 0 aliphatic rings. The maximum Gasteiger partial charge on any atom is 0.220 e. The van der Waals surface area contributed by atoms with Gasteiger partial charge in [0.2, 0.25) is 5.91 Å². The zero-order valence-electron chi connectivity index (χ0n) is 11.1. The summed E-state index contributed by atoms with van der Waals surface area (Å²) in [6.07, 6.45) is 0.356. The van der Waals surface area contributed by atoms with Crippen molar-refractivity contribution in [2.24, 2.45) is 5.73 Å². The van der Waals surface area contributed by atoms with E-state index in [0.29, 0.717) is 23.6 Å². The number of hydrogen-bond acceptors (Lipinski definition) is 3. The summed E-state index contributed by atoms with van der Waals surface area (Å²) in [7, 11) is 0. The second-order valence-electron chi connectivity index (χ2n) is 4.79. The third kappa shape index (κ3) is 8.08. The fourth-order valence-electron chi connectivity index (χ4n) is 1.23. The van der Waals surface area contributed by atoms with Crippen molar-refractivity contribution in [3.63, 3.8) is 0 Å². The minimum absolute atomic E-state index is 0. The molecule has 0 bridgehead atoms. The molecule has 0 aliphatic heterocycles. The molecule has 0 spiro atoms. The van der Waals surface area contributed by atoms with Crippen molar-refractivity contribution in [2.45, 2.75) is 30.7 Å². The zero-order valence-corrected chi connectivity index (χ0v) is 12.7. The first-order valence-electron chi connectivity index (χ1n) is 5.81. The largest absolute Gasteiger partial charge is 0.354 e. The summed E-state index contributed by atoms with van der Waals surface area (Å²) < 4.78 is 13.3. The molecule has 19 heavy (non-hydrogen) atoms. The molecule has 6 heteroatoms. The van der Waals surface area contributed by atoms with Crippen LogP contribution in [0.15, 0.2) is 29.2 Å². The molecule has 108 valence electrons. The normalized spacial score (nSPS) is 10.7. The molecule has 1 amide bonds. The van der Waals surface area contributed by atoms with Gasteiger partial charge in [-0.1, -0.05) is 12.1 Å². The number of amides is 1. The summed E-state index contributed by atoms with van der Waals surface area (Å²) in [4.78, 5) is 12.1. The van der Waals surface area contributed by atoms with E-state index in [4.69, 9.17) is 5.73 Å². The summed E-state index contributed by atoms with van der Waals surface area (Å²) >= 11 is 1.34. The van der Waals surface area contributed by atoms with Crippen molar-refractivity contribution >= 4 is 30.1 Å². The molecule has 3 N–H and O–H groups in total. The average Bonchev–Trinajstić information content (AvgIpc) is 2.28. The van der Waals surface area contributed by atoms with Crippen LogP contribution in [0.1, 0.15) is 20.3 Å². The van der Waals surface area contributed by atoms with Gasteiger partial charge < -0.3 is 11.1 Å². The van der Waals surface area contributed by atoms with E-state index in [1.54, 1.807) is 18.2 Å². The molecule has 0 unspecified atom stereocenters. The molecule has 1 rings (SSSR count). The fraction of sp³-hybridized carbons (Fsp3) is 0.462. The van der Waals surface area contributed by atoms with Crippen LogP contribution in [0.3, 0.4) is 0 Å². The molecule has 0 heterocycles. The molecule has 0 aromatic heterocycles. The molecule has 3 nitrogen and oxygen atoms in total. The number of halogens is 2. The number of rotatable bonds is 6. The lowest BCUT2D eigenvalue weighted by Gasteiger charge is -2.18.